The number of rotatable bonds is 10. The summed E-state index contributed by atoms with van der Waals surface area (Å²) in [6, 6.07) is -1.32. The van der Waals surface area contributed by atoms with Crippen molar-refractivity contribution in [2.24, 2.45) is 17.4 Å². The van der Waals surface area contributed by atoms with E-state index in [1.54, 1.807) is 0 Å². The molecule has 9 nitrogen and oxygen atoms in total. The van der Waals surface area contributed by atoms with E-state index in [9.17, 15) is 14.4 Å². The number of guanidine groups is 1. The van der Waals surface area contributed by atoms with E-state index in [1.807, 2.05) is 13.8 Å². The third-order valence-electron chi connectivity index (χ3n) is 2.96. The molecule has 0 aliphatic rings. The van der Waals surface area contributed by atoms with Crippen molar-refractivity contribution in [2.75, 3.05) is 13.1 Å². The van der Waals surface area contributed by atoms with Gasteiger partial charge in [-0.2, -0.15) is 0 Å². The summed E-state index contributed by atoms with van der Waals surface area (Å²) in [4.78, 5) is 34.1. The van der Waals surface area contributed by atoms with Crippen molar-refractivity contribution in [3.63, 3.8) is 0 Å². The lowest BCUT2D eigenvalue weighted by Gasteiger charge is -2.16. The highest BCUT2D eigenvalue weighted by atomic mass is 16.2. The first kappa shape index (κ1) is 19.8. The Hall–Kier alpha value is -2.16. The summed E-state index contributed by atoms with van der Waals surface area (Å²) in [5.74, 6) is -1.03. The standard InChI is InChI=1S/C13H26N6O3/c1-8(2)11(14)12(22)18-6-10(21)19-9(7-20)4-3-5-17-13(15)16/h7-9,11H,3-6,14H2,1-2H3,(H,18,22)(H,19,21)(H4,15,16,17)/t9-,11?/m0/s1. The van der Waals surface area contributed by atoms with Gasteiger partial charge < -0.3 is 32.2 Å². The molecule has 2 amide bonds. The molecule has 0 bridgehead atoms. The molecule has 0 fully saturated rings. The maximum Gasteiger partial charge on any atom is 0.239 e. The molecule has 9 heteroatoms. The molecule has 0 aliphatic heterocycles. The summed E-state index contributed by atoms with van der Waals surface area (Å²) in [6.45, 7) is 3.83. The zero-order valence-electron chi connectivity index (χ0n) is 13.0. The van der Waals surface area contributed by atoms with Gasteiger partial charge in [0.05, 0.1) is 18.6 Å². The number of carbonyl (C=O) groups excluding carboxylic acids is 3. The Morgan fingerprint density at radius 3 is 2.41 bits per heavy atom. The maximum atomic E-state index is 11.7. The van der Waals surface area contributed by atoms with Crippen LogP contribution in [0.2, 0.25) is 0 Å². The number of amides is 2. The van der Waals surface area contributed by atoms with Crippen LogP contribution in [0.25, 0.3) is 0 Å². The molecule has 0 saturated carbocycles. The second-order valence-corrected chi connectivity index (χ2v) is 5.28. The number of hydrogen-bond donors (Lipinski definition) is 6. The Labute approximate surface area is 130 Å². The number of nitrogens with two attached hydrogens (primary N) is 2. The Balaban J connectivity index is 4.03. The van der Waals surface area contributed by atoms with E-state index >= 15 is 0 Å². The highest BCUT2D eigenvalue weighted by molar-refractivity contribution is 5.88. The van der Waals surface area contributed by atoms with Gasteiger partial charge in [-0.15, -0.1) is 0 Å². The molecule has 0 aliphatic carbocycles. The van der Waals surface area contributed by atoms with Crippen LogP contribution in [0.15, 0.2) is 0 Å². The van der Waals surface area contributed by atoms with Crippen LogP contribution in [-0.2, 0) is 14.4 Å². The fourth-order valence-corrected chi connectivity index (χ4v) is 1.57. The van der Waals surface area contributed by atoms with Crippen LogP contribution in [0, 0.1) is 11.3 Å². The molecule has 0 radical (unpaired) electrons. The molecular weight excluding hydrogens is 288 g/mol. The predicted octanol–water partition coefficient (Wildman–Crippen LogP) is -1.97. The second kappa shape index (κ2) is 10.6. The molecule has 22 heavy (non-hydrogen) atoms. The first-order valence-electron chi connectivity index (χ1n) is 7.13. The van der Waals surface area contributed by atoms with Gasteiger partial charge in [0, 0.05) is 6.54 Å². The largest absolute Gasteiger partial charge is 0.370 e. The van der Waals surface area contributed by atoms with Crippen molar-refractivity contribution in [1.82, 2.24) is 16.0 Å². The zero-order chi connectivity index (χ0) is 17.1. The van der Waals surface area contributed by atoms with Crippen LogP contribution in [0.5, 0.6) is 0 Å². The fraction of sp³-hybridized carbons (Fsp3) is 0.692. The van der Waals surface area contributed by atoms with Gasteiger partial charge in [0.15, 0.2) is 5.96 Å². The van der Waals surface area contributed by atoms with Crippen LogP contribution < -0.4 is 27.4 Å². The minimum absolute atomic E-state index is 0.0282. The Bertz CT molecular complexity index is 399. The molecule has 1 unspecified atom stereocenters. The number of nitrogens with one attached hydrogen (secondary N) is 4. The molecule has 0 saturated heterocycles. The SMILES string of the molecule is CC(C)C(N)C(=O)NCC(=O)N[C@H](C=O)CCCNC(=N)N. The molecule has 0 rings (SSSR count). The van der Waals surface area contributed by atoms with E-state index in [2.05, 4.69) is 16.0 Å². The lowest BCUT2D eigenvalue weighted by atomic mass is 10.1. The molecule has 8 N–H and O–H groups in total. The number of carbonyl (C=O) groups is 3. The number of hydrogen-bond acceptors (Lipinski definition) is 5. The highest BCUT2D eigenvalue weighted by Crippen LogP contribution is 1.97. The average molecular weight is 314 g/mol. The average Bonchev–Trinajstić information content (AvgIpc) is 2.46. The van der Waals surface area contributed by atoms with Crippen LogP contribution in [0.4, 0.5) is 0 Å². The van der Waals surface area contributed by atoms with Crippen LogP contribution in [-0.4, -0.2) is 49.2 Å². The summed E-state index contributed by atoms with van der Waals surface area (Å²) < 4.78 is 0. The Morgan fingerprint density at radius 2 is 1.91 bits per heavy atom. The van der Waals surface area contributed by atoms with E-state index < -0.39 is 23.9 Å². The quantitative estimate of drug-likeness (QED) is 0.119. The first-order valence-corrected chi connectivity index (χ1v) is 7.13. The third kappa shape index (κ3) is 8.90. The molecular formula is C13H26N6O3. The van der Waals surface area contributed by atoms with E-state index in [-0.39, 0.29) is 18.4 Å². The summed E-state index contributed by atoms with van der Waals surface area (Å²) in [6.07, 6.45) is 1.61. The lowest BCUT2D eigenvalue weighted by Crippen LogP contribution is -2.48. The van der Waals surface area contributed by atoms with Gasteiger partial charge in [-0.25, -0.2) is 0 Å². The summed E-state index contributed by atoms with van der Waals surface area (Å²) in [5.41, 5.74) is 10.8. The smallest absolute Gasteiger partial charge is 0.239 e. The Morgan fingerprint density at radius 1 is 1.27 bits per heavy atom. The topological polar surface area (TPSA) is 163 Å². The second-order valence-electron chi connectivity index (χ2n) is 5.28. The molecule has 0 heterocycles. The van der Waals surface area contributed by atoms with Crippen molar-refractivity contribution in [1.29, 1.82) is 5.41 Å². The Kier molecular flexibility index (Phi) is 9.51. The molecule has 126 valence electrons. The van der Waals surface area contributed by atoms with Crippen molar-refractivity contribution < 1.29 is 14.4 Å². The highest BCUT2D eigenvalue weighted by Gasteiger charge is 2.18. The normalized spacial score (nSPS) is 13.1. The molecule has 0 aromatic heterocycles. The van der Waals surface area contributed by atoms with Crippen molar-refractivity contribution >= 4 is 24.1 Å². The summed E-state index contributed by atoms with van der Waals surface area (Å²) in [7, 11) is 0. The van der Waals surface area contributed by atoms with Crippen LogP contribution in [0.3, 0.4) is 0 Å². The van der Waals surface area contributed by atoms with Crippen molar-refractivity contribution in [3.05, 3.63) is 0 Å². The van der Waals surface area contributed by atoms with Crippen molar-refractivity contribution in [3.8, 4) is 0 Å². The van der Waals surface area contributed by atoms with Gasteiger partial charge in [0.25, 0.3) is 0 Å². The molecule has 2 atom stereocenters. The van der Waals surface area contributed by atoms with E-state index in [0.717, 1.165) is 0 Å². The summed E-state index contributed by atoms with van der Waals surface area (Å²) >= 11 is 0. The first-order chi connectivity index (χ1) is 10.3. The van der Waals surface area contributed by atoms with Gasteiger partial charge in [-0.1, -0.05) is 13.8 Å². The fourth-order valence-electron chi connectivity index (χ4n) is 1.57. The number of aldehydes is 1. The molecule has 0 aromatic carbocycles. The van der Waals surface area contributed by atoms with Gasteiger partial charge in [0.1, 0.15) is 6.29 Å². The van der Waals surface area contributed by atoms with Gasteiger partial charge in [-0.05, 0) is 18.8 Å². The third-order valence-corrected chi connectivity index (χ3v) is 2.96. The van der Waals surface area contributed by atoms with Crippen molar-refractivity contribution in [2.45, 2.75) is 38.8 Å². The van der Waals surface area contributed by atoms with Gasteiger partial charge in [0.2, 0.25) is 11.8 Å². The lowest BCUT2D eigenvalue weighted by molar-refractivity contribution is -0.128. The molecule has 0 spiro atoms. The predicted molar refractivity (Wildman–Crippen MR) is 83.0 cm³/mol. The van der Waals surface area contributed by atoms with Crippen LogP contribution >= 0.6 is 0 Å². The zero-order valence-corrected chi connectivity index (χ0v) is 13.0. The van der Waals surface area contributed by atoms with E-state index in [1.165, 1.54) is 0 Å². The maximum absolute atomic E-state index is 11.7. The van der Waals surface area contributed by atoms with E-state index in [0.29, 0.717) is 25.7 Å². The van der Waals surface area contributed by atoms with Gasteiger partial charge >= 0.3 is 0 Å². The molecule has 0 aromatic rings. The summed E-state index contributed by atoms with van der Waals surface area (Å²) in [5, 5.41) is 14.5. The minimum Gasteiger partial charge on any atom is -0.370 e. The minimum atomic E-state index is -0.674. The van der Waals surface area contributed by atoms with Gasteiger partial charge in [-0.3, -0.25) is 15.0 Å². The van der Waals surface area contributed by atoms with E-state index in [4.69, 9.17) is 16.9 Å². The monoisotopic (exact) mass is 314 g/mol. The van der Waals surface area contributed by atoms with Crippen LogP contribution in [0.1, 0.15) is 26.7 Å².